The van der Waals surface area contributed by atoms with Crippen LogP contribution >= 0.6 is 15.9 Å². The monoisotopic (exact) mass is 698 g/mol. The van der Waals surface area contributed by atoms with Crippen molar-refractivity contribution in [2.45, 2.75) is 97.4 Å². The van der Waals surface area contributed by atoms with Crippen LogP contribution < -0.4 is 0 Å². The maximum atomic E-state index is 14.4. The number of hydrogen-bond donors (Lipinski definition) is 0. The molecule has 2 aliphatic heterocycles. The van der Waals surface area contributed by atoms with Crippen molar-refractivity contribution >= 4 is 44.3 Å². The molecule has 1 saturated heterocycles. The third-order valence-electron chi connectivity index (χ3n) is 10.2. The summed E-state index contributed by atoms with van der Waals surface area (Å²) in [7, 11) is 0. The second-order valence-corrected chi connectivity index (χ2v) is 14.3. The van der Waals surface area contributed by atoms with Crippen molar-refractivity contribution in [3.8, 4) is 11.1 Å². The molecule has 0 N–H and O–H groups in total. The lowest BCUT2D eigenvalue weighted by Gasteiger charge is -2.27. The van der Waals surface area contributed by atoms with Crippen LogP contribution in [0.15, 0.2) is 41.3 Å². The first-order valence-corrected chi connectivity index (χ1v) is 17.3. The first kappa shape index (κ1) is 31.8. The summed E-state index contributed by atoms with van der Waals surface area (Å²) in [6.45, 7) is 6.14. The zero-order valence-corrected chi connectivity index (χ0v) is 28.7. The summed E-state index contributed by atoms with van der Waals surface area (Å²) >= 11 is 3.44. The molecule has 2 bridgehead atoms. The van der Waals surface area contributed by atoms with Crippen molar-refractivity contribution in [1.82, 2.24) is 29.6 Å². The largest absolute Gasteiger partial charge is 0.377 e. The minimum Gasteiger partial charge on any atom is -0.377 e. The third-order valence-corrected chi connectivity index (χ3v) is 10.7. The molecule has 2 fully saturated rings. The Morgan fingerprint density at radius 3 is 2.62 bits per heavy atom. The summed E-state index contributed by atoms with van der Waals surface area (Å²) in [4.78, 5) is 56.5. The van der Waals surface area contributed by atoms with Crippen molar-refractivity contribution in [2.75, 3.05) is 6.61 Å². The Balaban J connectivity index is 1.28. The fourth-order valence-corrected chi connectivity index (χ4v) is 8.00. The van der Waals surface area contributed by atoms with Crippen LogP contribution in [0.5, 0.6) is 0 Å². The van der Waals surface area contributed by atoms with Crippen molar-refractivity contribution in [2.24, 2.45) is 5.41 Å². The number of rotatable bonds is 5. The summed E-state index contributed by atoms with van der Waals surface area (Å²) in [6, 6.07) is 7.30. The summed E-state index contributed by atoms with van der Waals surface area (Å²) in [5.74, 6) is 0.346. The Hall–Kier alpha value is -3.83. The molecule has 1 amide bonds. The van der Waals surface area contributed by atoms with E-state index in [1.54, 1.807) is 17.1 Å². The van der Waals surface area contributed by atoms with Crippen LogP contribution in [-0.4, -0.2) is 65.8 Å². The molecule has 1 saturated carbocycles. The average molecular weight is 700 g/mol. The van der Waals surface area contributed by atoms with E-state index in [4.69, 9.17) is 9.84 Å². The first-order chi connectivity index (χ1) is 22.6. The number of aryl methyl sites for hydroxylation is 2. The van der Waals surface area contributed by atoms with Crippen molar-refractivity contribution in [1.29, 1.82) is 0 Å². The van der Waals surface area contributed by atoms with Crippen LogP contribution in [0, 0.1) is 19.3 Å². The Kier molecular flexibility index (Phi) is 8.55. The van der Waals surface area contributed by atoms with E-state index >= 15 is 0 Å². The van der Waals surface area contributed by atoms with Crippen LogP contribution in [0.2, 0.25) is 0 Å². The zero-order chi connectivity index (χ0) is 32.9. The van der Waals surface area contributed by atoms with E-state index in [1.807, 2.05) is 43.0 Å². The predicted molar refractivity (Wildman–Crippen MR) is 180 cm³/mol. The molecule has 47 heavy (non-hydrogen) atoms. The van der Waals surface area contributed by atoms with Gasteiger partial charge >= 0.3 is 0 Å². The smallest absolute Gasteiger partial charge is 0.245 e. The zero-order valence-electron chi connectivity index (χ0n) is 27.1. The van der Waals surface area contributed by atoms with E-state index in [9.17, 15) is 14.4 Å². The number of pyridine rings is 1. The van der Waals surface area contributed by atoms with E-state index in [-0.39, 0.29) is 41.9 Å². The van der Waals surface area contributed by atoms with Gasteiger partial charge in [-0.3, -0.25) is 19.1 Å². The number of ether oxygens (including phenoxy) is 1. The van der Waals surface area contributed by atoms with Gasteiger partial charge in [-0.05, 0) is 90.2 Å². The second kappa shape index (κ2) is 12.6. The van der Waals surface area contributed by atoms with E-state index in [0.29, 0.717) is 46.7 Å². The molecule has 11 heteroatoms. The number of nitrogens with zero attached hydrogens (tertiary/aromatic N) is 6. The van der Waals surface area contributed by atoms with Crippen LogP contribution in [0.1, 0.15) is 85.0 Å². The number of benzene rings is 1. The molecule has 244 valence electrons. The topological polar surface area (TPSA) is 120 Å². The standard InChI is InChI=1S/C36H39BrN6O4/c1-21-8-9-32(37)40-28(21)14-30(45)29-15-36-10-6-4-5-7-11-47-20-25-12-24(26-17-38-23(3)39-18-26)13-27-34(22(2)44)41-42(35(25)27)19-33(46)43(29)31(36)16-36/h8-9,12-13,17-18,29,31H,4-7,10-11,14-16,19-20H2,1-3H3/t29-,31+,36-/m0/s1. The predicted octanol–water partition coefficient (Wildman–Crippen LogP) is 6.12. The molecule has 3 aromatic heterocycles. The van der Waals surface area contributed by atoms with Crippen LogP contribution in [0.4, 0.5) is 0 Å². The van der Waals surface area contributed by atoms with Gasteiger partial charge < -0.3 is 9.64 Å². The fourth-order valence-electron chi connectivity index (χ4n) is 7.66. The summed E-state index contributed by atoms with van der Waals surface area (Å²) < 4.78 is 8.53. The maximum Gasteiger partial charge on any atom is 0.245 e. The van der Waals surface area contributed by atoms with E-state index in [1.165, 1.54) is 6.92 Å². The lowest BCUT2D eigenvalue weighted by Crippen LogP contribution is -2.45. The fraction of sp³-hybridized carbons (Fsp3) is 0.472. The lowest BCUT2D eigenvalue weighted by molar-refractivity contribution is -0.139. The minimum atomic E-state index is -0.512. The molecule has 4 aromatic rings. The van der Waals surface area contributed by atoms with Gasteiger partial charge in [0, 0.05) is 48.5 Å². The average Bonchev–Trinajstić information content (AvgIpc) is 3.44. The van der Waals surface area contributed by atoms with E-state index in [2.05, 4.69) is 30.9 Å². The van der Waals surface area contributed by atoms with E-state index < -0.39 is 6.04 Å². The van der Waals surface area contributed by atoms with Gasteiger partial charge in [-0.1, -0.05) is 25.3 Å². The Morgan fingerprint density at radius 1 is 1.04 bits per heavy atom. The highest BCUT2D eigenvalue weighted by Crippen LogP contribution is 2.62. The van der Waals surface area contributed by atoms with Gasteiger partial charge in [-0.2, -0.15) is 5.10 Å². The number of hydrogen-bond acceptors (Lipinski definition) is 8. The number of halogens is 1. The molecule has 1 aromatic carbocycles. The Morgan fingerprint density at radius 2 is 1.83 bits per heavy atom. The quantitative estimate of drug-likeness (QED) is 0.181. The molecule has 10 nitrogen and oxygen atoms in total. The first-order valence-electron chi connectivity index (χ1n) is 16.5. The molecule has 1 aliphatic carbocycles. The van der Waals surface area contributed by atoms with Gasteiger partial charge in [0.25, 0.3) is 0 Å². The van der Waals surface area contributed by atoms with Gasteiger partial charge in [-0.25, -0.2) is 15.0 Å². The Bertz CT molecular complexity index is 1890. The molecule has 7 rings (SSSR count). The van der Waals surface area contributed by atoms with Crippen molar-refractivity contribution in [3.63, 3.8) is 0 Å². The molecule has 0 radical (unpaired) electrons. The maximum absolute atomic E-state index is 14.4. The van der Waals surface area contributed by atoms with Gasteiger partial charge in [0.05, 0.1) is 30.3 Å². The normalized spacial score (nSPS) is 23.1. The van der Waals surface area contributed by atoms with Gasteiger partial charge in [-0.15, -0.1) is 0 Å². The van der Waals surface area contributed by atoms with Gasteiger partial charge in [0.15, 0.2) is 11.6 Å². The number of ketones is 2. The summed E-state index contributed by atoms with van der Waals surface area (Å²) in [6.07, 6.45) is 10.5. The number of amides is 1. The SMILES string of the molecule is CC(=O)c1nn2c3c(cc(-c4cnc(C)nc4)cc13)COCCCCCC[C@@]13C[C@@H](C(=O)Cc4nc(Br)ccc4C)N(C(=O)C2)[C@@H]1C3. The highest BCUT2D eigenvalue weighted by atomic mass is 79.9. The highest BCUT2D eigenvalue weighted by molar-refractivity contribution is 9.10. The summed E-state index contributed by atoms with van der Waals surface area (Å²) in [5.41, 5.74) is 5.17. The van der Waals surface area contributed by atoms with Crippen LogP contribution in [-0.2, 0) is 33.9 Å². The second-order valence-electron chi connectivity index (χ2n) is 13.5. The molecule has 5 heterocycles. The third kappa shape index (κ3) is 6.15. The number of carbonyl (C=O) groups excluding carboxylic acids is 3. The minimum absolute atomic E-state index is 0.0177. The molecular weight excluding hydrogens is 660 g/mol. The van der Waals surface area contributed by atoms with Crippen LogP contribution in [0.3, 0.4) is 0 Å². The molecular formula is C36H39BrN6O4. The molecule has 3 atom stereocenters. The van der Waals surface area contributed by atoms with Gasteiger partial charge in [0.2, 0.25) is 5.91 Å². The van der Waals surface area contributed by atoms with Gasteiger partial charge in [0.1, 0.15) is 22.7 Å². The highest BCUT2D eigenvalue weighted by Gasteiger charge is 2.66. The van der Waals surface area contributed by atoms with Crippen molar-refractivity contribution in [3.05, 3.63) is 69.6 Å². The van der Waals surface area contributed by atoms with E-state index in [0.717, 1.165) is 66.5 Å². The number of piperidine rings is 1. The Labute approximate surface area is 282 Å². The number of aromatic nitrogens is 5. The molecule has 0 unspecified atom stereocenters. The van der Waals surface area contributed by atoms with Crippen molar-refractivity contribution < 1.29 is 19.1 Å². The lowest BCUT2D eigenvalue weighted by atomic mass is 9.90. The molecule has 3 aliphatic rings. The van der Waals surface area contributed by atoms with Crippen LogP contribution in [0.25, 0.3) is 22.0 Å². The number of carbonyl (C=O) groups is 3. The number of Topliss-reactive ketones (excluding diaryl/α,β-unsaturated/α-hetero) is 2. The summed E-state index contributed by atoms with van der Waals surface area (Å²) in [5, 5.41) is 5.39. The molecule has 0 spiro atoms.